The third-order valence-electron chi connectivity index (χ3n) is 2.33. The summed E-state index contributed by atoms with van der Waals surface area (Å²) in [7, 11) is 2.09. The van der Waals surface area contributed by atoms with Gasteiger partial charge in [-0.25, -0.2) is 0 Å². The molecule has 0 bridgehead atoms. The van der Waals surface area contributed by atoms with Crippen molar-refractivity contribution in [3.8, 4) is 0 Å². The standard InChI is InChI=1S/C9H17BrN2O/c1-7(10)9(13)11-8-4-3-5-12(2)6-8/h7-8H,3-6H2,1-2H3,(H,11,13). The third-order valence-corrected chi connectivity index (χ3v) is 2.75. The number of nitrogens with zero attached hydrogens (tertiary/aromatic N) is 1. The number of amides is 1. The summed E-state index contributed by atoms with van der Waals surface area (Å²) in [6.07, 6.45) is 2.29. The van der Waals surface area contributed by atoms with E-state index >= 15 is 0 Å². The Morgan fingerprint density at radius 1 is 1.69 bits per heavy atom. The van der Waals surface area contributed by atoms with Gasteiger partial charge in [-0.1, -0.05) is 15.9 Å². The van der Waals surface area contributed by atoms with Gasteiger partial charge in [0.15, 0.2) is 0 Å². The fourth-order valence-corrected chi connectivity index (χ4v) is 1.73. The molecule has 76 valence electrons. The van der Waals surface area contributed by atoms with E-state index in [1.54, 1.807) is 0 Å². The van der Waals surface area contributed by atoms with Crippen LogP contribution < -0.4 is 5.32 Å². The highest BCUT2D eigenvalue weighted by molar-refractivity contribution is 9.10. The van der Waals surface area contributed by atoms with Crippen molar-refractivity contribution in [2.75, 3.05) is 20.1 Å². The van der Waals surface area contributed by atoms with Crippen LogP contribution in [0.25, 0.3) is 0 Å². The summed E-state index contributed by atoms with van der Waals surface area (Å²) in [4.78, 5) is 13.5. The number of hydrogen-bond donors (Lipinski definition) is 1. The number of rotatable bonds is 2. The summed E-state index contributed by atoms with van der Waals surface area (Å²) in [5, 5.41) is 3.02. The Balaban J connectivity index is 2.31. The van der Waals surface area contributed by atoms with Crippen LogP contribution in [0.1, 0.15) is 19.8 Å². The number of alkyl halides is 1. The topological polar surface area (TPSA) is 32.3 Å². The van der Waals surface area contributed by atoms with E-state index in [1.165, 1.54) is 6.42 Å². The van der Waals surface area contributed by atoms with Gasteiger partial charge in [-0.2, -0.15) is 0 Å². The second-order valence-corrected chi connectivity index (χ2v) is 5.10. The van der Waals surface area contributed by atoms with Gasteiger partial charge in [0, 0.05) is 12.6 Å². The number of hydrogen-bond acceptors (Lipinski definition) is 2. The monoisotopic (exact) mass is 248 g/mol. The van der Waals surface area contributed by atoms with E-state index in [0.29, 0.717) is 6.04 Å². The minimum absolute atomic E-state index is 0.0836. The first kappa shape index (κ1) is 11.0. The smallest absolute Gasteiger partial charge is 0.233 e. The molecule has 0 aromatic carbocycles. The number of piperidine rings is 1. The van der Waals surface area contributed by atoms with Crippen LogP contribution >= 0.6 is 15.9 Å². The van der Waals surface area contributed by atoms with Crippen molar-refractivity contribution < 1.29 is 4.79 Å². The van der Waals surface area contributed by atoms with E-state index in [1.807, 2.05) is 6.92 Å². The number of likely N-dealkylation sites (N-methyl/N-ethyl adjacent to an activating group) is 1. The fourth-order valence-electron chi connectivity index (χ4n) is 1.60. The molecule has 1 aliphatic heterocycles. The van der Waals surface area contributed by atoms with Gasteiger partial charge in [0.1, 0.15) is 0 Å². The minimum atomic E-state index is -0.0836. The molecule has 1 aliphatic rings. The molecule has 13 heavy (non-hydrogen) atoms. The van der Waals surface area contributed by atoms with Crippen LogP contribution in [-0.4, -0.2) is 41.8 Å². The first-order valence-corrected chi connectivity index (χ1v) is 5.64. The van der Waals surface area contributed by atoms with Gasteiger partial charge in [-0.05, 0) is 33.4 Å². The average molecular weight is 249 g/mol. The Morgan fingerprint density at radius 2 is 2.38 bits per heavy atom. The minimum Gasteiger partial charge on any atom is -0.351 e. The normalized spacial score (nSPS) is 26.8. The summed E-state index contributed by atoms with van der Waals surface area (Å²) in [5.74, 6) is 0.0975. The molecule has 1 rings (SSSR count). The van der Waals surface area contributed by atoms with Crippen molar-refractivity contribution in [3.05, 3.63) is 0 Å². The Labute approximate surface area is 88.0 Å². The largest absolute Gasteiger partial charge is 0.351 e. The average Bonchev–Trinajstić information content (AvgIpc) is 2.04. The zero-order chi connectivity index (χ0) is 9.84. The van der Waals surface area contributed by atoms with E-state index in [4.69, 9.17) is 0 Å². The first-order chi connectivity index (χ1) is 6.09. The third kappa shape index (κ3) is 3.65. The summed E-state index contributed by atoms with van der Waals surface area (Å²) in [5.41, 5.74) is 0. The molecule has 0 radical (unpaired) electrons. The highest BCUT2D eigenvalue weighted by Gasteiger charge is 2.20. The maximum absolute atomic E-state index is 11.3. The van der Waals surface area contributed by atoms with Gasteiger partial charge in [0.2, 0.25) is 5.91 Å². The molecule has 1 amide bonds. The van der Waals surface area contributed by atoms with Crippen molar-refractivity contribution in [2.24, 2.45) is 0 Å². The summed E-state index contributed by atoms with van der Waals surface area (Å²) < 4.78 is 0. The molecule has 0 spiro atoms. The molecule has 2 atom stereocenters. The van der Waals surface area contributed by atoms with E-state index in [2.05, 4.69) is 33.2 Å². The van der Waals surface area contributed by atoms with Crippen LogP contribution in [0.5, 0.6) is 0 Å². The van der Waals surface area contributed by atoms with Gasteiger partial charge in [-0.15, -0.1) is 0 Å². The van der Waals surface area contributed by atoms with Gasteiger partial charge in [0.05, 0.1) is 4.83 Å². The van der Waals surface area contributed by atoms with Crippen LogP contribution in [0.4, 0.5) is 0 Å². The Kier molecular flexibility index (Phi) is 4.19. The Bertz CT molecular complexity index is 184. The van der Waals surface area contributed by atoms with Crippen molar-refractivity contribution >= 4 is 21.8 Å². The van der Waals surface area contributed by atoms with E-state index in [-0.39, 0.29) is 10.7 Å². The number of halogens is 1. The zero-order valence-corrected chi connectivity index (χ0v) is 9.80. The van der Waals surface area contributed by atoms with E-state index in [0.717, 1.165) is 19.5 Å². The van der Waals surface area contributed by atoms with Crippen LogP contribution in [0, 0.1) is 0 Å². The summed E-state index contributed by atoms with van der Waals surface area (Å²) >= 11 is 3.26. The number of carbonyl (C=O) groups excluding carboxylic acids is 1. The van der Waals surface area contributed by atoms with Crippen molar-refractivity contribution in [2.45, 2.75) is 30.6 Å². The first-order valence-electron chi connectivity index (χ1n) is 4.72. The van der Waals surface area contributed by atoms with E-state index in [9.17, 15) is 4.79 Å². The van der Waals surface area contributed by atoms with Gasteiger partial charge in [-0.3, -0.25) is 4.79 Å². The lowest BCUT2D eigenvalue weighted by Crippen LogP contribution is -2.47. The molecule has 2 unspecified atom stereocenters. The molecule has 1 N–H and O–H groups in total. The van der Waals surface area contributed by atoms with Crippen LogP contribution in [0.2, 0.25) is 0 Å². The van der Waals surface area contributed by atoms with Gasteiger partial charge < -0.3 is 10.2 Å². The van der Waals surface area contributed by atoms with Crippen molar-refractivity contribution in [1.29, 1.82) is 0 Å². The predicted molar refractivity (Wildman–Crippen MR) is 57.1 cm³/mol. The SMILES string of the molecule is CC(Br)C(=O)NC1CCCN(C)C1. The summed E-state index contributed by atoms with van der Waals surface area (Å²) in [6, 6.07) is 0.339. The van der Waals surface area contributed by atoms with E-state index < -0.39 is 0 Å². The summed E-state index contributed by atoms with van der Waals surface area (Å²) in [6.45, 7) is 3.98. The molecule has 4 heteroatoms. The molecule has 1 saturated heterocycles. The zero-order valence-electron chi connectivity index (χ0n) is 8.22. The second kappa shape index (κ2) is 4.96. The Hall–Kier alpha value is -0.0900. The van der Waals surface area contributed by atoms with Crippen molar-refractivity contribution in [3.63, 3.8) is 0 Å². The predicted octanol–water partition coefficient (Wildman–Crippen LogP) is 0.980. The maximum Gasteiger partial charge on any atom is 0.233 e. The fraction of sp³-hybridized carbons (Fsp3) is 0.889. The van der Waals surface area contributed by atoms with Crippen LogP contribution in [0.3, 0.4) is 0 Å². The lowest BCUT2D eigenvalue weighted by atomic mass is 10.1. The highest BCUT2D eigenvalue weighted by atomic mass is 79.9. The highest BCUT2D eigenvalue weighted by Crippen LogP contribution is 2.08. The number of nitrogens with one attached hydrogen (secondary N) is 1. The molecule has 1 heterocycles. The lowest BCUT2D eigenvalue weighted by Gasteiger charge is -2.30. The van der Waals surface area contributed by atoms with Gasteiger partial charge in [0.25, 0.3) is 0 Å². The molecule has 0 saturated carbocycles. The maximum atomic E-state index is 11.3. The van der Waals surface area contributed by atoms with Gasteiger partial charge >= 0.3 is 0 Å². The molecular formula is C9H17BrN2O. The lowest BCUT2D eigenvalue weighted by molar-refractivity contribution is -0.121. The molecule has 1 fully saturated rings. The molecule has 3 nitrogen and oxygen atoms in total. The number of carbonyl (C=O) groups is 1. The molecule has 0 aromatic heterocycles. The van der Waals surface area contributed by atoms with Crippen LogP contribution in [0.15, 0.2) is 0 Å². The second-order valence-electron chi connectivity index (χ2n) is 3.73. The quantitative estimate of drug-likeness (QED) is 0.740. The van der Waals surface area contributed by atoms with Crippen molar-refractivity contribution in [1.82, 2.24) is 10.2 Å². The molecule has 0 aromatic rings. The molecular weight excluding hydrogens is 232 g/mol. The Morgan fingerprint density at radius 3 is 2.92 bits per heavy atom. The van der Waals surface area contributed by atoms with Crippen LogP contribution in [-0.2, 0) is 4.79 Å². The molecule has 0 aliphatic carbocycles. The number of likely N-dealkylation sites (tertiary alicyclic amines) is 1.